The molecule has 0 aromatic heterocycles. The van der Waals surface area contributed by atoms with Crippen LogP contribution in [0.3, 0.4) is 0 Å². The van der Waals surface area contributed by atoms with Gasteiger partial charge in [0.05, 0.1) is 18.0 Å². The van der Waals surface area contributed by atoms with Gasteiger partial charge in [0.25, 0.3) is 0 Å². The maximum absolute atomic E-state index is 14.4. The minimum atomic E-state index is -0.0939. The van der Waals surface area contributed by atoms with Gasteiger partial charge in [-0.1, -0.05) is 143 Å². The van der Waals surface area contributed by atoms with Gasteiger partial charge in [-0.3, -0.25) is 4.79 Å². The Kier molecular flexibility index (Phi) is 9.55. The minimum absolute atomic E-state index is 0.0939. The van der Waals surface area contributed by atoms with Crippen LogP contribution in [-0.2, 0) is 4.79 Å². The first kappa shape index (κ1) is 25.9. The van der Waals surface area contributed by atoms with Gasteiger partial charge in [-0.05, 0) is 41.9 Å². The zero-order chi connectivity index (χ0) is 25.2. The molecule has 4 rings (SSSR count). The van der Waals surface area contributed by atoms with Gasteiger partial charge in [0.15, 0.2) is 0 Å². The average Bonchev–Trinajstić information content (AvgIpc) is 3.39. The summed E-state index contributed by atoms with van der Waals surface area (Å²) < 4.78 is 0. The molecule has 188 valence electrons. The molecule has 1 saturated heterocycles. The molecule has 3 aromatic carbocycles. The van der Waals surface area contributed by atoms with E-state index in [1.54, 1.807) is 0 Å². The molecule has 36 heavy (non-hydrogen) atoms. The molecule has 1 amide bonds. The largest absolute Gasteiger partial charge is 0.328 e. The second-order valence-corrected chi connectivity index (χ2v) is 10.2. The van der Waals surface area contributed by atoms with E-state index in [2.05, 4.69) is 122 Å². The third-order valence-electron chi connectivity index (χ3n) is 7.65. The highest BCUT2D eigenvalue weighted by atomic mass is 16.2. The van der Waals surface area contributed by atoms with Crippen molar-refractivity contribution in [2.75, 3.05) is 0 Å². The first-order valence-corrected chi connectivity index (χ1v) is 13.8. The Bertz CT molecular complexity index is 1030. The van der Waals surface area contributed by atoms with Crippen LogP contribution in [-0.4, -0.2) is 10.8 Å². The summed E-state index contributed by atoms with van der Waals surface area (Å²) in [6.07, 6.45) is 12.1. The van der Waals surface area contributed by atoms with Gasteiger partial charge in [-0.15, -0.1) is 0 Å². The van der Waals surface area contributed by atoms with E-state index in [1.807, 2.05) is 0 Å². The quantitative estimate of drug-likeness (QED) is 0.198. The summed E-state index contributed by atoms with van der Waals surface area (Å²) >= 11 is 0. The van der Waals surface area contributed by atoms with Gasteiger partial charge >= 0.3 is 0 Å². The molecule has 1 fully saturated rings. The number of carbonyl (C=O) groups excluding carboxylic acids is 1. The van der Waals surface area contributed by atoms with E-state index >= 15 is 0 Å². The third-order valence-corrected chi connectivity index (χ3v) is 7.65. The zero-order valence-electron chi connectivity index (χ0n) is 21.9. The summed E-state index contributed by atoms with van der Waals surface area (Å²) in [6.45, 7) is 4.46. The monoisotopic (exact) mass is 479 g/mol. The highest BCUT2D eigenvalue weighted by Gasteiger charge is 2.40. The highest BCUT2D eigenvalue weighted by Crippen LogP contribution is 2.45. The summed E-state index contributed by atoms with van der Waals surface area (Å²) in [5.74, 6) is 0.470. The first-order valence-electron chi connectivity index (χ1n) is 13.8. The molecule has 4 atom stereocenters. The van der Waals surface area contributed by atoms with E-state index < -0.39 is 0 Å². The molecule has 0 N–H and O–H groups in total. The Labute approximate surface area is 218 Å². The molecule has 0 aliphatic carbocycles. The normalized spacial score (nSPS) is 19.4. The Hall–Kier alpha value is -3.13. The zero-order valence-corrected chi connectivity index (χ0v) is 21.9. The Balaban J connectivity index is 1.63. The molecule has 0 bridgehead atoms. The van der Waals surface area contributed by atoms with Crippen molar-refractivity contribution in [3.8, 4) is 0 Å². The standard InChI is InChI=1S/C34H41NO/c1-3-4-5-9-22-31(24-23-27(2)28-16-10-6-11-17-28)34(36)35-32(29-18-12-7-13-19-29)25-26-33(35)30-20-14-8-15-21-30/h6-8,10-21,23-24,27,31-33H,3-5,9,22,25-26H2,1-2H3/b24-23-/t27-,31-,32+,33+/m1/s1. The predicted molar refractivity (Wildman–Crippen MR) is 151 cm³/mol. The average molecular weight is 480 g/mol. The third kappa shape index (κ3) is 6.55. The fraction of sp³-hybridized carbons (Fsp3) is 0.382. The lowest BCUT2D eigenvalue weighted by Gasteiger charge is -2.34. The van der Waals surface area contributed by atoms with Gasteiger partial charge in [-0.2, -0.15) is 0 Å². The van der Waals surface area contributed by atoms with Crippen LogP contribution in [0, 0.1) is 5.92 Å². The minimum Gasteiger partial charge on any atom is -0.328 e. The predicted octanol–water partition coefficient (Wildman–Crippen LogP) is 9.04. The second-order valence-electron chi connectivity index (χ2n) is 10.2. The van der Waals surface area contributed by atoms with Crippen LogP contribution in [0.15, 0.2) is 103 Å². The van der Waals surface area contributed by atoms with Crippen LogP contribution in [0.4, 0.5) is 0 Å². The topological polar surface area (TPSA) is 20.3 Å². The molecule has 2 nitrogen and oxygen atoms in total. The van der Waals surface area contributed by atoms with Crippen molar-refractivity contribution in [1.29, 1.82) is 0 Å². The van der Waals surface area contributed by atoms with E-state index in [-0.39, 0.29) is 29.8 Å². The van der Waals surface area contributed by atoms with Crippen LogP contribution in [0.1, 0.15) is 93.5 Å². The molecular weight excluding hydrogens is 438 g/mol. The van der Waals surface area contributed by atoms with Crippen LogP contribution >= 0.6 is 0 Å². The maximum atomic E-state index is 14.4. The van der Waals surface area contributed by atoms with Gasteiger partial charge in [0.1, 0.15) is 0 Å². The Morgan fingerprint density at radius 3 is 1.83 bits per heavy atom. The molecule has 1 heterocycles. The number of hydrogen-bond donors (Lipinski definition) is 0. The summed E-state index contributed by atoms with van der Waals surface area (Å²) in [5.41, 5.74) is 3.78. The van der Waals surface area contributed by atoms with Crippen molar-refractivity contribution in [2.45, 2.75) is 76.8 Å². The van der Waals surface area contributed by atoms with Gasteiger partial charge < -0.3 is 4.90 Å². The van der Waals surface area contributed by atoms with Crippen molar-refractivity contribution in [3.63, 3.8) is 0 Å². The van der Waals surface area contributed by atoms with Crippen LogP contribution in [0.5, 0.6) is 0 Å². The molecule has 0 saturated carbocycles. The van der Waals surface area contributed by atoms with Crippen LogP contribution in [0.2, 0.25) is 0 Å². The lowest BCUT2D eigenvalue weighted by molar-refractivity contribution is -0.137. The molecule has 0 unspecified atom stereocenters. The molecule has 1 aliphatic heterocycles. The summed E-state index contributed by atoms with van der Waals surface area (Å²) in [4.78, 5) is 16.6. The van der Waals surface area contributed by atoms with Crippen molar-refractivity contribution in [1.82, 2.24) is 4.90 Å². The maximum Gasteiger partial charge on any atom is 0.230 e. The Morgan fingerprint density at radius 2 is 1.31 bits per heavy atom. The SMILES string of the molecule is CCCCCC[C@H](/C=C\[C@@H](C)c1ccccc1)C(=O)N1[C@H](c2ccccc2)CC[C@H]1c1ccccc1. The Morgan fingerprint density at radius 1 is 0.778 bits per heavy atom. The van der Waals surface area contributed by atoms with Crippen molar-refractivity contribution < 1.29 is 4.79 Å². The number of hydrogen-bond acceptors (Lipinski definition) is 1. The number of benzene rings is 3. The van der Waals surface area contributed by atoms with Gasteiger partial charge in [0.2, 0.25) is 5.91 Å². The highest BCUT2D eigenvalue weighted by molar-refractivity contribution is 5.82. The molecule has 3 aromatic rings. The fourth-order valence-electron chi connectivity index (χ4n) is 5.58. The number of unbranched alkanes of at least 4 members (excludes halogenated alkanes) is 3. The molecule has 1 aliphatic rings. The lowest BCUT2D eigenvalue weighted by atomic mass is 9.93. The van der Waals surface area contributed by atoms with E-state index in [4.69, 9.17) is 0 Å². The number of allylic oxidation sites excluding steroid dienone is 1. The van der Waals surface area contributed by atoms with E-state index in [9.17, 15) is 4.79 Å². The number of amides is 1. The van der Waals surface area contributed by atoms with E-state index in [0.717, 1.165) is 25.7 Å². The first-order chi connectivity index (χ1) is 17.7. The summed E-state index contributed by atoms with van der Waals surface area (Å²) in [5, 5.41) is 0. The number of carbonyl (C=O) groups is 1. The number of likely N-dealkylation sites (tertiary alicyclic amines) is 1. The molecule has 0 spiro atoms. The van der Waals surface area contributed by atoms with Gasteiger partial charge in [-0.25, -0.2) is 0 Å². The molecule has 2 heteroatoms. The lowest BCUT2D eigenvalue weighted by Crippen LogP contribution is -2.37. The summed E-state index contributed by atoms with van der Waals surface area (Å²) in [7, 11) is 0. The molecule has 0 radical (unpaired) electrons. The second kappa shape index (κ2) is 13.3. The van der Waals surface area contributed by atoms with Crippen LogP contribution < -0.4 is 0 Å². The van der Waals surface area contributed by atoms with E-state index in [1.165, 1.54) is 36.0 Å². The summed E-state index contributed by atoms with van der Waals surface area (Å²) in [6, 6.07) is 32.1. The van der Waals surface area contributed by atoms with Crippen molar-refractivity contribution in [2.24, 2.45) is 5.92 Å². The smallest absolute Gasteiger partial charge is 0.230 e. The van der Waals surface area contributed by atoms with Crippen molar-refractivity contribution in [3.05, 3.63) is 120 Å². The number of nitrogens with zero attached hydrogens (tertiary/aromatic N) is 1. The van der Waals surface area contributed by atoms with E-state index in [0.29, 0.717) is 0 Å². The van der Waals surface area contributed by atoms with Crippen LogP contribution in [0.25, 0.3) is 0 Å². The van der Waals surface area contributed by atoms with Crippen molar-refractivity contribution >= 4 is 5.91 Å². The van der Waals surface area contributed by atoms with Gasteiger partial charge in [0, 0.05) is 0 Å². The number of rotatable bonds is 11. The molecular formula is C34H41NO. The fourth-order valence-corrected chi connectivity index (χ4v) is 5.58.